The first-order valence-corrected chi connectivity index (χ1v) is 6.88. The van der Waals surface area contributed by atoms with Crippen molar-refractivity contribution >= 4 is 5.97 Å². The molecule has 0 aliphatic carbocycles. The second-order valence-electron chi connectivity index (χ2n) is 5.60. The van der Waals surface area contributed by atoms with E-state index < -0.39 is 36.4 Å². The Morgan fingerprint density at radius 3 is 2.67 bits per heavy atom. The highest BCUT2D eigenvalue weighted by atomic mass is 16.8. The van der Waals surface area contributed by atoms with Crippen molar-refractivity contribution in [2.75, 3.05) is 6.61 Å². The largest absolute Gasteiger partial charge is 0.459 e. The van der Waals surface area contributed by atoms with E-state index in [0.29, 0.717) is 5.56 Å². The van der Waals surface area contributed by atoms with E-state index in [1.807, 2.05) is 6.07 Å². The van der Waals surface area contributed by atoms with Gasteiger partial charge in [0.25, 0.3) is 0 Å². The lowest BCUT2D eigenvalue weighted by atomic mass is 10.1. The summed E-state index contributed by atoms with van der Waals surface area (Å²) in [6, 6.07) is 8.66. The quantitative estimate of drug-likeness (QED) is 0.841. The molecule has 2 fully saturated rings. The molecule has 2 heterocycles. The normalized spacial score (nSPS) is 33.7. The molecule has 21 heavy (non-hydrogen) atoms. The molecule has 0 spiro atoms. The summed E-state index contributed by atoms with van der Waals surface area (Å²) >= 11 is 0. The molecule has 0 bridgehead atoms. The van der Waals surface area contributed by atoms with Gasteiger partial charge in [-0.1, -0.05) is 18.2 Å². The van der Waals surface area contributed by atoms with Gasteiger partial charge in [0, 0.05) is 0 Å². The van der Waals surface area contributed by atoms with Gasteiger partial charge in [-0.2, -0.15) is 0 Å². The lowest BCUT2D eigenvalue weighted by molar-refractivity contribution is -0.218. The van der Waals surface area contributed by atoms with Crippen LogP contribution in [-0.4, -0.2) is 48.1 Å². The highest BCUT2D eigenvalue weighted by Gasteiger charge is 2.54. The summed E-state index contributed by atoms with van der Waals surface area (Å²) in [5, 5.41) is 10.2. The number of ether oxygens (including phenoxy) is 4. The van der Waals surface area contributed by atoms with Crippen LogP contribution < -0.4 is 0 Å². The number of carbonyl (C=O) groups excluding carboxylic acids is 1. The molecule has 2 aliphatic rings. The van der Waals surface area contributed by atoms with Crippen molar-refractivity contribution < 1.29 is 28.8 Å². The molecule has 6 heteroatoms. The fourth-order valence-corrected chi connectivity index (χ4v) is 2.51. The smallest absolute Gasteiger partial charge is 0.338 e. The molecule has 1 N–H and O–H groups in total. The van der Waals surface area contributed by atoms with Crippen molar-refractivity contribution in [1.29, 1.82) is 0 Å². The first-order chi connectivity index (χ1) is 9.96. The highest BCUT2D eigenvalue weighted by Crippen LogP contribution is 2.37. The van der Waals surface area contributed by atoms with Crippen LogP contribution in [0, 0.1) is 0 Å². The van der Waals surface area contributed by atoms with Crippen LogP contribution in [0.5, 0.6) is 0 Å². The standard InChI is InChI=1S/C15H18O6/c1-15(2)20-12-11(16)10(19-14(12)21-15)8-18-13(17)9-6-4-3-5-7-9/h3-7,10-12,14,16H,8H2,1-2H3/t10-,11+,12-,14?/m1/s1. The van der Waals surface area contributed by atoms with Crippen LogP contribution in [0.4, 0.5) is 0 Å². The van der Waals surface area contributed by atoms with Gasteiger partial charge in [0.2, 0.25) is 0 Å². The van der Waals surface area contributed by atoms with Gasteiger partial charge in [0.15, 0.2) is 12.1 Å². The molecule has 0 radical (unpaired) electrons. The summed E-state index contributed by atoms with van der Waals surface area (Å²) in [4.78, 5) is 11.8. The number of esters is 1. The third-order valence-corrected chi connectivity index (χ3v) is 3.50. The van der Waals surface area contributed by atoms with Crippen LogP contribution in [0.1, 0.15) is 24.2 Å². The van der Waals surface area contributed by atoms with Crippen LogP contribution in [-0.2, 0) is 18.9 Å². The predicted molar refractivity (Wildman–Crippen MR) is 71.4 cm³/mol. The minimum Gasteiger partial charge on any atom is -0.459 e. The van der Waals surface area contributed by atoms with E-state index in [9.17, 15) is 9.90 Å². The number of aliphatic hydroxyl groups excluding tert-OH is 1. The minimum atomic E-state index is -0.889. The van der Waals surface area contributed by atoms with Crippen LogP contribution in [0.25, 0.3) is 0 Å². The van der Waals surface area contributed by atoms with Gasteiger partial charge >= 0.3 is 5.97 Å². The van der Waals surface area contributed by atoms with E-state index in [-0.39, 0.29) is 6.61 Å². The molecule has 2 saturated heterocycles. The fraction of sp³-hybridized carbons (Fsp3) is 0.533. The van der Waals surface area contributed by atoms with Crippen molar-refractivity contribution in [3.8, 4) is 0 Å². The van der Waals surface area contributed by atoms with Gasteiger partial charge < -0.3 is 24.1 Å². The maximum absolute atomic E-state index is 11.8. The Morgan fingerprint density at radius 2 is 2.00 bits per heavy atom. The van der Waals surface area contributed by atoms with Crippen LogP contribution >= 0.6 is 0 Å². The summed E-state index contributed by atoms with van der Waals surface area (Å²) in [5.41, 5.74) is 0.457. The lowest BCUT2D eigenvalue weighted by Gasteiger charge is -2.22. The zero-order valence-electron chi connectivity index (χ0n) is 11.9. The van der Waals surface area contributed by atoms with E-state index in [4.69, 9.17) is 18.9 Å². The molecule has 1 aromatic rings. The molecule has 0 saturated carbocycles. The first kappa shape index (κ1) is 14.5. The maximum atomic E-state index is 11.8. The molecular formula is C15H18O6. The SMILES string of the molecule is CC1(C)OC2O[C@H](COC(=O)c3ccccc3)[C@H](O)[C@H]2O1. The Hall–Kier alpha value is -1.47. The summed E-state index contributed by atoms with van der Waals surface area (Å²) < 4.78 is 21.8. The van der Waals surface area contributed by atoms with E-state index >= 15 is 0 Å². The molecule has 4 atom stereocenters. The topological polar surface area (TPSA) is 74.2 Å². The third kappa shape index (κ3) is 2.94. The summed E-state index contributed by atoms with van der Waals surface area (Å²) in [5.74, 6) is -1.23. The molecule has 6 nitrogen and oxygen atoms in total. The molecule has 1 aromatic carbocycles. The second-order valence-corrected chi connectivity index (χ2v) is 5.60. The first-order valence-electron chi connectivity index (χ1n) is 6.88. The summed E-state index contributed by atoms with van der Waals surface area (Å²) in [6.07, 6.45) is -2.72. The van der Waals surface area contributed by atoms with Gasteiger partial charge in [-0.25, -0.2) is 4.79 Å². The van der Waals surface area contributed by atoms with Crippen molar-refractivity contribution in [1.82, 2.24) is 0 Å². The van der Waals surface area contributed by atoms with Crippen molar-refractivity contribution in [2.24, 2.45) is 0 Å². The minimum absolute atomic E-state index is 0.0466. The number of benzene rings is 1. The van der Waals surface area contributed by atoms with E-state index in [1.165, 1.54) is 0 Å². The van der Waals surface area contributed by atoms with Crippen molar-refractivity contribution in [3.63, 3.8) is 0 Å². The molecule has 0 amide bonds. The van der Waals surface area contributed by atoms with Gasteiger partial charge in [0.1, 0.15) is 24.9 Å². The molecule has 1 unspecified atom stereocenters. The maximum Gasteiger partial charge on any atom is 0.338 e. The fourth-order valence-electron chi connectivity index (χ4n) is 2.51. The van der Waals surface area contributed by atoms with Gasteiger partial charge in [-0.15, -0.1) is 0 Å². The Labute approximate surface area is 122 Å². The van der Waals surface area contributed by atoms with Crippen molar-refractivity contribution in [3.05, 3.63) is 35.9 Å². The summed E-state index contributed by atoms with van der Waals surface area (Å²) in [6.45, 7) is 3.46. The van der Waals surface area contributed by atoms with Gasteiger partial charge in [-0.3, -0.25) is 0 Å². The van der Waals surface area contributed by atoms with E-state index in [1.54, 1.807) is 38.1 Å². The monoisotopic (exact) mass is 294 g/mol. The molecular weight excluding hydrogens is 276 g/mol. The number of fused-ring (bicyclic) bond motifs is 1. The average Bonchev–Trinajstić information content (AvgIpc) is 2.91. The lowest BCUT2D eigenvalue weighted by Crippen LogP contribution is -2.37. The van der Waals surface area contributed by atoms with E-state index in [2.05, 4.69) is 0 Å². The van der Waals surface area contributed by atoms with Crippen LogP contribution in [0.15, 0.2) is 30.3 Å². The number of hydrogen-bond acceptors (Lipinski definition) is 6. The number of aliphatic hydroxyl groups is 1. The molecule has 2 aliphatic heterocycles. The van der Waals surface area contributed by atoms with Gasteiger partial charge in [-0.05, 0) is 26.0 Å². The number of hydrogen-bond donors (Lipinski definition) is 1. The second kappa shape index (κ2) is 5.38. The average molecular weight is 294 g/mol. The predicted octanol–water partition coefficient (Wildman–Crippen LogP) is 1.08. The van der Waals surface area contributed by atoms with E-state index in [0.717, 1.165) is 0 Å². The Balaban J connectivity index is 1.55. The molecule has 0 aromatic heterocycles. The molecule has 114 valence electrons. The number of carbonyl (C=O) groups is 1. The van der Waals surface area contributed by atoms with Crippen molar-refractivity contribution in [2.45, 2.75) is 44.2 Å². The Kier molecular flexibility index (Phi) is 3.71. The Bertz CT molecular complexity index is 514. The zero-order valence-corrected chi connectivity index (χ0v) is 11.9. The zero-order chi connectivity index (χ0) is 15.0. The molecule has 3 rings (SSSR count). The third-order valence-electron chi connectivity index (χ3n) is 3.50. The highest BCUT2D eigenvalue weighted by molar-refractivity contribution is 5.89. The number of rotatable bonds is 3. The summed E-state index contributed by atoms with van der Waals surface area (Å²) in [7, 11) is 0. The van der Waals surface area contributed by atoms with Crippen LogP contribution in [0.3, 0.4) is 0 Å². The Morgan fingerprint density at radius 1 is 1.29 bits per heavy atom. The van der Waals surface area contributed by atoms with Crippen LogP contribution in [0.2, 0.25) is 0 Å². The van der Waals surface area contributed by atoms with Gasteiger partial charge in [0.05, 0.1) is 5.56 Å².